The topological polar surface area (TPSA) is 223 Å². The number of hydrogen-bond donors (Lipinski definition) is 2. The number of para-hydroxylation sites is 3. The van der Waals surface area contributed by atoms with E-state index < -0.39 is 14.7 Å². The molecule has 2 N–H and O–H groups in total. The summed E-state index contributed by atoms with van der Waals surface area (Å²) in [6, 6.07) is 90.1. The number of nitriles is 3. The minimum Gasteiger partial charge on any atom is -0.494 e. The van der Waals surface area contributed by atoms with Gasteiger partial charge in [0.1, 0.15) is 41.8 Å². The van der Waals surface area contributed by atoms with E-state index in [1.807, 2.05) is 244 Å². The lowest BCUT2D eigenvalue weighted by Crippen LogP contribution is -2.09. The second-order valence-electron chi connectivity index (χ2n) is 23.6. The summed E-state index contributed by atoms with van der Waals surface area (Å²) in [5.41, 5.74) is 17.6. The van der Waals surface area contributed by atoms with Crippen molar-refractivity contribution in [1.82, 2.24) is 0 Å². The number of aldehydes is 1. The van der Waals surface area contributed by atoms with Gasteiger partial charge in [0.05, 0.1) is 74.6 Å². The average Bonchev–Trinajstić information content (AvgIpc) is 0.832. The summed E-state index contributed by atoms with van der Waals surface area (Å²) in [6.45, 7) is 19.3. The first-order valence-electron chi connectivity index (χ1n) is 34.9. The Kier molecular flexibility index (Phi) is 29.5. The number of benzene rings is 11. The lowest BCUT2D eigenvalue weighted by molar-refractivity contribution is 0.112. The van der Waals surface area contributed by atoms with E-state index in [0.717, 1.165) is 85.8 Å². The molecule has 0 unspecified atom stereocenters. The van der Waals surface area contributed by atoms with Gasteiger partial charge < -0.3 is 48.2 Å². The maximum Gasteiger partial charge on any atom is 0.335 e. The quantitative estimate of drug-likeness (QED) is 0.0248. The van der Waals surface area contributed by atoms with Crippen molar-refractivity contribution in [2.75, 3.05) is 47.7 Å². The van der Waals surface area contributed by atoms with Crippen molar-refractivity contribution in [2.45, 2.75) is 46.9 Å². The number of rotatable bonds is 24. The molecule has 0 amide bonds. The van der Waals surface area contributed by atoms with Crippen LogP contribution in [0.2, 0.25) is 0 Å². The molecule has 0 saturated carbocycles. The largest absolute Gasteiger partial charge is 0.494 e. The highest BCUT2D eigenvalue weighted by Gasteiger charge is 2.28. The van der Waals surface area contributed by atoms with Crippen molar-refractivity contribution in [3.63, 3.8) is 0 Å². The minimum absolute atomic E-state index is 0.0632. The third-order valence-electron chi connectivity index (χ3n) is 16.3. The lowest BCUT2D eigenvalue weighted by atomic mass is 10.0. The Balaban J connectivity index is 0.000000221. The summed E-state index contributed by atoms with van der Waals surface area (Å²) in [5.74, 6) is 15.2. The number of carbonyl (C=O) groups is 1. The van der Waals surface area contributed by atoms with E-state index in [9.17, 15) is 29.7 Å². The van der Waals surface area contributed by atoms with Crippen molar-refractivity contribution in [2.24, 2.45) is 0 Å². The van der Waals surface area contributed by atoms with Gasteiger partial charge in [0.15, 0.2) is 0 Å². The zero-order valence-corrected chi connectivity index (χ0v) is 62.8. The van der Waals surface area contributed by atoms with Gasteiger partial charge >= 0.3 is 7.60 Å². The highest BCUT2D eigenvalue weighted by molar-refractivity contribution is 7.73. The van der Waals surface area contributed by atoms with Gasteiger partial charge in [0, 0.05) is 96.5 Å². The highest BCUT2D eigenvalue weighted by Crippen LogP contribution is 2.53. The zero-order valence-electron chi connectivity index (χ0n) is 61.0. The van der Waals surface area contributed by atoms with Crippen LogP contribution < -0.4 is 28.9 Å². The van der Waals surface area contributed by atoms with Crippen LogP contribution in [0.4, 0.5) is 56.9 Å². The predicted molar refractivity (Wildman–Crippen MR) is 433 cm³/mol. The fourth-order valence-corrected chi connectivity index (χ4v) is 14.4. The molecule has 0 aliphatic rings. The Morgan fingerprint density at radius 1 is 0.391 bits per heavy atom. The van der Waals surface area contributed by atoms with Crippen LogP contribution in [-0.2, 0) is 30.5 Å². The molecule has 11 aromatic carbocycles. The number of anilines is 9. The molecule has 0 spiro atoms. The number of hydrogen-bond acceptors (Lipinski definition) is 16. The van der Waals surface area contributed by atoms with E-state index in [1.54, 1.807) is 26.0 Å². The molecule has 0 aromatic heterocycles. The predicted octanol–water partition coefficient (Wildman–Crippen LogP) is 21.7. The van der Waals surface area contributed by atoms with Gasteiger partial charge in [-0.15, -0.1) is 0 Å². The molecule has 0 atom stereocenters. The van der Waals surface area contributed by atoms with Crippen molar-refractivity contribution < 1.29 is 47.4 Å². The fraction of sp³-hybridized carbons (Fsp3) is 0.132. The third kappa shape index (κ3) is 21.9. The lowest BCUT2D eigenvalue weighted by Gasteiger charge is -2.25. The summed E-state index contributed by atoms with van der Waals surface area (Å²) in [5, 5.41) is 46.5. The number of nitrogens with zero attached hydrogens (tertiary/aromatic N) is 7. The summed E-state index contributed by atoms with van der Waals surface area (Å²) in [6.07, 6.45) is 3.29. The Morgan fingerprint density at radius 2 is 0.718 bits per heavy atom. The summed E-state index contributed by atoms with van der Waals surface area (Å²) in [7, 11) is -7.19. The summed E-state index contributed by atoms with van der Waals surface area (Å²) >= 11 is 0. The molecule has 0 saturated heterocycles. The van der Waals surface area contributed by atoms with E-state index in [4.69, 9.17) is 40.0 Å². The van der Waals surface area contributed by atoms with Crippen molar-refractivity contribution in [1.29, 1.82) is 15.8 Å². The summed E-state index contributed by atoms with van der Waals surface area (Å²) < 4.78 is 52.6. The molecule has 0 radical (unpaired) electrons. The highest BCUT2D eigenvalue weighted by atomic mass is 31.2. The SMILES string of the molecule is CCOP(=O)(Cc1cc(C#N)c(CP(=O)(C#CO)C#CO)cc1C#N)OCC.CCOc1ccc(N(c2ccccc2)c2ccc(C=O)cc2)cc1.[C-]#[N+]c1cc(C#Cc2ccc(N(c3ccccc3)c3ccc(OCC)cc3)cc2)c(C#N)cc1C#Cc1ccc(N(c2ccccc2)c2ccc(OCC)cc2)cc1. The molecule has 0 aliphatic carbocycles. The van der Waals surface area contributed by atoms with Crippen molar-refractivity contribution >= 4 is 77.9 Å². The van der Waals surface area contributed by atoms with Crippen LogP contribution in [0.1, 0.15) is 95.0 Å². The molecule has 0 heterocycles. The van der Waals surface area contributed by atoms with Gasteiger partial charge in [0.25, 0.3) is 0 Å². The molecule has 11 aromatic rings. The van der Waals surface area contributed by atoms with E-state index in [2.05, 4.69) is 85.7 Å². The monoisotopic (exact) mass is 1490 g/mol. The van der Waals surface area contributed by atoms with Crippen molar-refractivity contribution in [3.8, 4) is 82.7 Å². The van der Waals surface area contributed by atoms with Crippen LogP contribution in [0.25, 0.3) is 4.85 Å². The zero-order chi connectivity index (χ0) is 78.1. The van der Waals surface area contributed by atoms with Gasteiger partial charge in [-0.25, -0.2) is 4.85 Å². The fourth-order valence-electron chi connectivity index (χ4n) is 11.4. The van der Waals surface area contributed by atoms with Crippen LogP contribution >= 0.6 is 14.7 Å². The first kappa shape index (κ1) is 80.2. The standard InChI is InChI=1S/C52H38N4O2.C21H19NO2.C18H18N2O6P2/c1-4-57-50-32-28-48(29-33-50)55(44-12-8-6-9-13-44)46-24-18-39(19-25-46)16-22-41-37-52(54-3)42(36-43(41)38-53)23-17-40-20-26-47(27-21-40)56(45-14-10-7-11-15-45)49-30-34-51(35-31-49)58-5-2;1-2-24-21-14-12-20(13-15-21)22(18-6-4-3-5-7-18)19-10-8-17(16-23)9-11-19;1-3-25-28(24,26-4-2)14-18-10-15(11-19)17(9-16(18)12-20)13-27(23,7-5-21)8-6-22/h6-15,18-21,24-37H,4-5H2,1-2H3;3-16H,2H2,1H3;9-10,21-22H,3-4,13-14H2,1-2H3. The second-order valence-corrected chi connectivity index (χ2v) is 27.9. The molecular formula is C91H75N7O10P2. The maximum absolute atomic E-state index is 12.8. The molecule has 19 heteroatoms. The number of carbonyl (C=O) groups excluding carboxylic acids is 1. The smallest absolute Gasteiger partial charge is 0.335 e. The molecule has 110 heavy (non-hydrogen) atoms. The van der Waals surface area contributed by atoms with Crippen LogP contribution in [0.3, 0.4) is 0 Å². The van der Waals surface area contributed by atoms with E-state index in [1.165, 1.54) is 24.3 Å². The Bertz CT molecular complexity index is 5280. The number of aliphatic hydroxyl groups excluding tert-OH is 2. The normalized spacial score (nSPS) is 10.2. The van der Waals surface area contributed by atoms with Gasteiger partial charge in [-0.1, -0.05) is 78.3 Å². The molecule has 0 aliphatic heterocycles. The van der Waals surface area contributed by atoms with E-state index in [0.29, 0.717) is 47.8 Å². The van der Waals surface area contributed by atoms with Crippen LogP contribution in [0.15, 0.2) is 261 Å². The van der Waals surface area contributed by atoms with E-state index >= 15 is 0 Å². The Labute approximate surface area is 642 Å². The van der Waals surface area contributed by atoms with Gasteiger partial charge in [-0.05, 0) is 252 Å². The van der Waals surface area contributed by atoms with Crippen LogP contribution in [0.5, 0.6) is 17.2 Å². The van der Waals surface area contributed by atoms with Gasteiger partial charge in [0.2, 0.25) is 12.8 Å². The molecule has 0 bridgehead atoms. The maximum atomic E-state index is 12.8. The summed E-state index contributed by atoms with van der Waals surface area (Å²) in [4.78, 5) is 21.1. The molecule has 0 fully saturated rings. The Hall–Kier alpha value is -13.9. The van der Waals surface area contributed by atoms with Crippen LogP contribution in [0, 0.1) is 87.8 Å². The molecule has 17 nitrogen and oxygen atoms in total. The third-order valence-corrected chi connectivity index (χ3v) is 20.0. The second kappa shape index (κ2) is 40.5. The molecule has 11 rings (SSSR count). The average molecular weight is 1490 g/mol. The number of aliphatic hydroxyl groups is 2. The van der Waals surface area contributed by atoms with Crippen LogP contribution in [-0.4, -0.2) is 49.5 Å². The first-order valence-corrected chi connectivity index (χ1v) is 38.6. The first-order chi connectivity index (χ1) is 53.7. The number of ether oxygens (including phenoxy) is 3. The van der Waals surface area contributed by atoms with E-state index in [-0.39, 0.29) is 47.8 Å². The van der Waals surface area contributed by atoms with Gasteiger partial charge in [-0.3, -0.25) is 13.9 Å². The Morgan fingerprint density at radius 3 is 1.04 bits per heavy atom. The molecular weight excluding hydrogens is 1410 g/mol. The van der Waals surface area contributed by atoms with Crippen molar-refractivity contribution in [3.05, 3.63) is 328 Å². The molecule has 544 valence electrons. The van der Waals surface area contributed by atoms with Gasteiger partial charge in [-0.2, -0.15) is 15.8 Å². The minimum atomic E-state index is -3.68.